The number of pyridine rings is 1. The molecule has 0 atom stereocenters. The largest absolute Gasteiger partial charge is 0.497 e. The standard InChI is InChI=1S/C15H17N3O3/c1-17(12-4-6-13(21-2)7-5-12)15(20)10-18-9-11(16)3-8-14(18)19/h3-9H,10,16H2,1-2H3. The van der Waals surface area contributed by atoms with Crippen molar-refractivity contribution in [1.82, 2.24) is 4.57 Å². The second kappa shape index (κ2) is 6.13. The van der Waals surface area contributed by atoms with Crippen molar-refractivity contribution >= 4 is 17.3 Å². The minimum atomic E-state index is -0.263. The number of amides is 1. The van der Waals surface area contributed by atoms with Gasteiger partial charge in [0.25, 0.3) is 5.56 Å². The Balaban J connectivity index is 2.15. The van der Waals surface area contributed by atoms with Crippen LogP contribution in [0.15, 0.2) is 47.4 Å². The van der Waals surface area contributed by atoms with Gasteiger partial charge in [0.05, 0.1) is 7.11 Å². The number of hydrogen-bond acceptors (Lipinski definition) is 4. The molecule has 1 amide bonds. The first-order valence-corrected chi connectivity index (χ1v) is 6.38. The van der Waals surface area contributed by atoms with Crippen LogP contribution in [0.4, 0.5) is 11.4 Å². The van der Waals surface area contributed by atoms with Crippen molar-refractivity contribution in [3.8, 4) is 5.75 Å². The van der Waals surface area contributed by atoms with E-state index in [1.165, 1.54) is 27.8 Å². The molecule has 6 nitrogen and oxygen atoms in total. The molecule has 0 radical (unpaired) electrons. The smallest absolute Gasteiger partial charge is 0.251 e. The Kier molecular flexibility index (Phi) is 4.27. The number of nitrogens with zero attached hydrogens (tertiary/aromatic N) is 2. The molecule has 1 heterocycles. The van der Waals surface area contributed by atoms with E-state index in [0.717, 1.165) is 5.69 Å². The van der Waals surface area contributed by atoms with Crippen molar-refractivity contribution in [2.45, 2.75) is 6.54 Å². The zero-order valence-corrected chi connectivity index (χ0v) is 11.9. The maximum atomic E-state index is 12.2. The van der Waals surface area contributed by atoms with Crippen LogP contribution in [0.3, 0.4) is 0 Å². The SMILES string of the molecule is COc1ccc(N(C)C(=O)Cn2cc(N)ccc2=O)cc1. The summed E-state index contributed by atoms with van der Waals surface area (Å²) < 4.78 is 6.36. The maximum Gasteiger partial charge on any atom is 0.251 e. The van der Waals surface area contributed by atoms with Crippen molar-refractivity contribution in [2.24, 2.45) is 0 Å². The average molecular weight is 287 g/mol. The highest BCUT2D eigenvalue weighted by molar-refractivity contribution is 5.92. The van der Waals surface area contributed by atoms with E-state index in [9.17, 15) is 9.59 Å². The van der Waals surface area contributed by atoms with E-state index in [2.05, 4.69) is 0 Å². The highest BCUT2D eigenvalue weighted by Crippen LogP contribution is 2.18. The molecule has 1 aromatic carbocycles. The first kappa shape index (κ1) is 14.6. The summed E-state index contributed by atoms with van der Waals surface area (Å²) in [5.41, 5.74) is 6.52. The summed E-state index contributed by atoms with van der Waals surface area (Å²) in [5.74, 6) is 0.500. The number of nitrogen functional groups attached to an aromatic ring is 1. The van der Waals surface area contributed by atoms with Crippen LogP contribution in [0, 0.1) is 0 Å². The Morgan fingerprint density at radius 1 is 1.24 bits per heavy atom. The summed E-state index contributed by atoms with van der Waals surface area (Å²) in [6.45, 7) is -0.0631. The number of benzene rings is 1. The number of carbonyl (C=O) groups is 1. The van der Waals surface area contributed by atoms with Crippen LogP contribution in [0.2, 0.25) is 0 Å². The molecule has 0 fully saturated rings. The van der Waals surface area contributed by atoms with Gasteiger partial charge in [0, 0.05) is 30.7 Å². The molecule has 2 rings (SSSR count). The summed E-state index contributed by atoms with van der Waals surface area (Å²) in [5, 5.41) is 0. The van der Waals surface area contributed by atoms with Crippen LogP contribution in [0.1, 0.15) is 0 Å². The third-order valence-electron chi connectivity index (χ3n) is 3.15. The van der Waals surface area contributed by atoms with E-state index in [1.54, 1.807) is 38.4 Å². The lowest BCUT2D eigenvalue weighted by Gasteiger charge is -2.18. The highest BCUT2D eigenvalue weighted by atomic mass is 16.5. The van der Waals surface area contributed by atoms with Gasteiger partial charge < -0.3 is 19.9 Å². The quantitative estimate of drug-likeness (QED) is 0.913. The number of carbonyl (C=O) groups excluding carboxylic acids is 1. The van der Waals surface area contributed by atoms with Gasteiger partial charge in [0.15, 0.2) is 0 Å². The summed E-state index contributed by atoms with van der Waals surface area (Å²) in [6.07, 6.45) is 1.46. The van der Waals surface area contributed by atoms with Crippen molar-refractivity contribution in [1.29, 1.82) is 0 Å². The fraction of sp³-hybridized carbons (Fsp3) is 0.200. The van der Waals surface area contributed by atoms with E-state index in [0.29, 0.717) is 11.4 Å². The predicted octanol–water partition coefficient (Wildman–Crippen LogP) is 1.10. The Bertz CT molecular complexity index is 692. The molecule has 0 aliphatic carbocycles. The van der Waals surface area contributed by atoms with E-state index >= 15 is 0 Å². The number of methoxy groups -OCH3 is 1. The molecule has 6 heteroatoms. The zero-order chi connectivity index (χ0) is 15.4. The van der Waals surface area contributed by atoms with Crippen LogP contribution < -0.4 is 20.9 Å². The second-order valence-electron chi connectivity index (χ2n) is 4.58. The number of hydrogen-bond donors (Lipinski definition) is 1. The number of likely N-dealkylation sites (N-methyl/N-ethyl adjacent to an activating group) is 1. The molecule has 0 aliphatic rings. The van der Waals surface area contributed by atoms with Crippen LogP contribution in [-0.2, 0) is 11.3 Å². The van der Waals surface area contributed by atoms with Crippen molar-refractivity contribution in [3.63, 3.8) is 0 Å². The van der Waals surface area contributed by atoms with Gasteiger partial charge in [-0.25, -0.2) is 0 Å². The first-order valence-electron chi connectivity index (χ1n) is 6.38. The summed E-state index contributed by atoms with van der Waals surface area (Å²) >= 11 is 0. The molecule has 0 unspecified atom stereocenters. The van der Waals surface area contributed by atoms with Gasteiger partial charge in [-0.3, -0.25) is 9.59 Å². The summed E-state index contributed by atoms with van der Waals surface area (Å²) in [7, 11) is 3.23. The number of rotatable bonds is 4. The van der Waals surface area contributed by atoms with Crippen LogP contribution in [0.25, 0.3) is 0 Å². The third kappa shape index (κ3) is 3.42. The number of anilines is 2. The lowest BCUT2D eigenvalue weighted by molar-refractivity contribution is -0.118. The molecule has 110 valence electrons. The highest BCUT2D eigenvalue weighted by Gasteiger charge is 2.12. The molecule has 0 spiro atoms. The van der Waals surface area contributed by atoms with Gasteiger partial charge in [0.1, 0.15) is 12.3 Å². The molecule has 1 aromatic heterocycles. The van der Waals surface area contributed by atoms with Crippen molar-refractivity contribution < 1.29 is 9.53 Å². The van der Waals surface area contributed by atoms with Crippen molar-refractivity contribution in [2.75, 3.05) is 24.8 Å². The molecule has 2 N–H and O–H groups in total. The zero-order valence-electron chi connectivity index (χ0n) is 11.9. The topological polar surface area (TPSA) is 77.6 Å². The Morgan fingerprint density at radius 2 is 1.90 bits per heavy atom. The second-order valence-corrected chi connectivity index (χ2v) is 4.58. The number of ether oxygens (including phenoxy) is 1. The normalized spacial score (nSPS) is 10.2. The molecule has 21 heavy (non-hydrogen) atoms. The van der Waals surface area contributed by atoms with E-state index in [-0.39, 0.29) is 18.0 Å². The lowest BCUT2D eigenvalue weighted by Crippen LogP contribution is -2.33. The number of aromatic nitrogens is 1. The van der Waals surface area contributed by atoms with Gasteiger partial charge in [-0.05, 0) is 30.3 Å². The Hall–Kier alpha value is -2.76. The monoisotopic (exact) mass is 287 g/mol. The van der Waals surface area contributed by atoms with Crippen molar-refractivity contribution in [3.05, 3.63) is 52.9 Å². The van der Waals surface area contributed by atoms with Gasteiger partial charge in [-0.1, -0.05) is 0 Å². The summed E-state index contributed by atoms with van der Waals surface area (Å²) in [6, 6.07) is 9.95. The first-order chi connectivity index (χ1) is 10.0. The van der Waals surface area contributed by atoms with Crippen LogP contribution in [0.5, 0.6) is 5.75 Å². The third-order valence-corrected chi connectivity index (χ3v) is 3.15. The molecule has 2 aromatic rings. The van der Waals surface area contributed by atoms with Crippen LogP contribution in [-0.4, -0.2) is 24.6 Å². The molecule has 0 aliphatic heterocycles. The molecule has 0 saturated carbocycles. The predicted molar refractivity (Wildman–Crippen MR) is 81.5 cm³/mol. The van der Waals surface area contributed by atoms with Gasteiger partial charge in [-0.2, -0.15) is 0 Å². The van der Waals surface area contributed by atoms with Gasteiger partial charge in [-0.15, -0.1) is 0 Å². The van der Waals surface area contributed by atoms with Gasteiger partial charge >= 0.3 is 0 Å². The minimum absolute atomic E-state index is 0.0631. The Labute approximate surface area is 122 Å². The van der Waals surface area contributed by atoms with E-state index in [4.69, 9.17) is 10.5 Å². The Morgan fingerprint density at radius 3 is 2.52 bits per heavy atom. The van der Waals surface area contributed by atoms with E-state index in [1.807, 2.05) is 0 Å². The fourth-order valence-corrected chi connectivity index (χ4v) is 1.88. The fourth-order valence-electron chi connectivity index (χ4n) is 1.88. The molecule has 0 bridgehead atoms. The minimum Gasteiger partial charge on any atom is -0.497 e. The molecular formula is C15H17N3O3. The molecule has 0 saturated heterocycles. The van der Waals surface area contributed by atoms with Crippen LogP contribution >= 0.6 is 0 Å². The summed E-state index contributed by atoms with van der Waals surface area (Å²) in [4.78, 5) is 25.4. The maximum absolute atomic E-state index is 12.2. The molecular weight excluding hydrogens is 270 g/mol. The van der Waals surface area contributed by atoms with Gasteiger partial charge in [0.2, 0.25) is 5.91 Å². The number of nitrogens with two attached hydrogens (primary N) is 1. The van der Waals surface area contributed by atoms with E-state index < -0.39 is 0 Å². The average Bonchev–Trinajstić information content (AvgIpc) is 2.50. The lowest BCUT2D eigenvalue weighted by atomic mass is 10.2.